The fourth-order valence-corrected chi connectivity index (χ4v) is 3.71. The summed E-state index contributed by atoms with van der Waals surface area (Å²) in [5.41, 5.74) is 0.746. The maximum Gasteiger partial charge on any atom is 0.127 e. The minimum absolute atomic E-state index is 0.122. The predicted molar refractivity (Wildman–Crippen MR) is 80.5 cm³/mol. The lowest BCUT2D eigenvalue weighted by atomic mass is 9.95. The third-order valence-corrected chi connectivity index (χ3v) is 5.14. The molecule has 100 valence electrons. The van der Waals surface area contributed by atoms with Crippen LogP contribution >= 0.6 is 27.7 Å². The summed E-state index contributed by atoms with van der Waals surface area (Å²) in [7, 11) is 0. The van der Waals surface area contributed by atoms with Crippen LogP contribution in [0.3, 0.4) is 0 Å². The van der Waals surface area contributed by atoms with Crippen molar-refractivity contribution in [3.8, 4) is 0 Å². The number of rotatable bonds is 4. The minimum Gasteiger partial charge on any atom is -0.310 e. The van der Waals surface area contributed by atoms with E-state index >= 15 is 0 Å². The first-order valence-corrected chi connectivity index (χ1v) is 8.47. The fraction of sp³-hybridized carbons (Fsp3) is 0.571. The second-order valence-corrected chi connectivity index (χ2v) is 6.89. The maximum absolute atomic E-state index is 13.6. The molecular weight excluding hydrogens is 313 g/mol. The highest BCUT2D eigenvalue weighted by Gasteiger charge is 2.20. The number of hydrogen-bond donors (Lipinski definition) is 1. The van der Waals surface area contributed by atoms with Crippen molar-refractivity contribution in [2.45, 2.75) is 43.5 Å². The summed E-state index contributed by atoms with van der Waals surface area (Å²) >= 11 is 5.34. The largest absolute Gasteiger partial charge is 0.310 e. The number of hydrogen-bond acceptors (Lipinski definition) is 2. The normalized spacial score (nSPS) is 24.2. The van der Waals surface area contributed by atoms with Crippen molar-refractivity contribution < 1.29 is 4.39 Å². The fourth-order valence-electron chi connectivity index (χ4n) is 2.48. The second kappa shape index (κ2) is 6.92. The van der Waals surface area contributed by atoms with Gasteiger partial charge < -0.3 is 5.32 Å². The Morgan fingerprint density at radius 3 is 3.06 bits per heavy atom. The van der Waals surface area contributed by atoms with E-state index in [1.54, 1.807) is 6.07 Å². The van der Waals surface area contributed by atoms with Crippen molar-refractivity contribution in [1.82, 2.24) is 5.32 Å². The molecule has 18 heavy (non-hydrogen) atoms. The van der Waals surface area contributed by atoms with Crippen LogP contribution in [0.25, 0.3) is 0 Å². The molecular formula is C14H19BrFNS. The lowest BCUT2D eigenvalue weighted by Crippen LogP contribution is -2.34. The van der Waals surface area contributed by atoms with Gasteiger partial charge in [0.05, 0.1) is 0 Å². The van der Waals surface area contributed by atoms with Crippen LogP contribution in [-0.4, -0.2) is 17.5 Å². The first-order valence-electron chi connectivity index (χ1n) is 6.39. The van der Waals surface area contributed by atoms with E-state index in [-0.39, 0.29) is 5.82 Å². The predicted octanol–water partition coefficient (Wildman–Crippen LogP) is 4.35. The highest BCUT2D eigenvalue weighted by Crippen LogP contribution is 2.27. The van der Waals surface area contributed by atoms with E-state index in [1.807, 2.05) is 17.8 Å². The molecule has 0 aromatic heterocycles. The molecule has 2 unspecified atom stereocenters. The van der Waals surface area contributed by atoms with E-state index in [2.05, 4.69) is 27.5 Å². The van der Waals surface area contributed by atoms with Gasteiger partial charge in [0.25, 0.3) is 0 Å². The molecule has 0 spiro atoms. The van der Waals surface area contributed by atoms with Gasteiger partial charge in [-0.1, -0.05) is 22.4 Å². The summed E-state index contributed by atoms with van der Waals surface area (Å²) in [4.78, 5) is 0. The van der Waals surface area contributed by atoms with Gasteiger partial charge in [0.15, 0.2) is 0 Å². The monoisotopic (exact) mass is 331 g/mol. The molecule has 2 rings (SSSR count). The third kappa shape index (κ3) is 3.97. The summed E-state index contributed by atoms with van der Waals surface area (Å²) in [5.74, 6) is -0.122. The zero-order valence-corrected chi connectivity index (χ0v) is 13.0. The van der Waals surface area contributed by atoms with Gasteiger partial charge in [0.2, 0.25) is 0 Å². The smallest absolute Gasteiger partial charge is 0.127 e. The molecule has 1 saturated carbocycles. The number of halogens is 2. The summed E-state index contributed by atoms with van der Waals surface area (Å²) < 4.78 is 14.5. The quantitative estimate of drug-likeness (QED) is 0.880. The maximum atomic E-state index is 13.6. The van der Waals surface area contributed by atoms with Crippen molar-refractivity contribution in [3.05, 3.63) is 34.1 Å². The third-order valence-electron chi connectivity index (χ3n) is 3.55. The Morgan fingerprint density at radius 1 is 1.44 bits per heavy atom. The van der Waals surface area contributed by atoms with Crippen LogP contribution in [0.1, 0.15) is 31.2 Å². The highest BCUT2D eigenvalue weighted by atomic mass is 79.9. The van der Waals surface area contributed by atoms with Crippen LogP contribution in [0, 0.1) is 5.82 Å². The van der Waals surface area contributed by atoms with Gasteiger partial charge in [-0.25, -0.2) is 4.39 Å². The first-order chi connectivity index (χ1) is 8.69. The standard InChI is InChI=1S/C14H19BrFNS/c1-18-13-4-2-3-12(8-13)17-9-10-7-11(15)5-6-14(10)16/h5-7,12-13,17H,2-4,8-9H2,1H3. The molecule has 1 N–H and O–H groups in total. The molecule has 0 bridgehead atoms. The summed E-state index contributed by atoms with van der Waals surface area (Å²) in [6.07, 6.45) is 7.21. The van der Waals surface area contributed by atoms with Crippen LogP contribution in [0.5, 0.6) is 0 Å². The van der Waals surface area contributed by atoms with Crippen LogP contribution in [0.15, 0.2) is 22.7 Å². The number of benzene rings is 1. The Kier molecular flexibility index (Phi) is 5.52. The van der Waals surface area contributed by atoms with Crippen molar-refractivity contribution in [1.29, 1.82) is 0 Å². The van der Waals surface area contributed by atoms with Crippen molar-refractivity contribution >= 4 is 27.7 Å². The van der Waals surface area contributed by atoms with E-state index in [4.69, 9.17) is 0 Å². The zero-order valence-electron chi connectivity index (χ0n) is 10.6. The Morgan fingerprint density at radius 2 is 2.28 bits per heavy atom. The lowest BCUT2D eigenvalue weighted by Gasteiger charge is -2.28. The molecule has 2 atom stereocenters. The minimum atomic E-state index is -0.122. The van der Waals surface area contributed by atoms with Gasteiger partial charge >= 0.3 is 0 Å². The SMILES string of the molecule is CSC1CCCC(NCc2cc(Br)ccc2F)C1. The Balaban J connectivity index is 1.89. The Labute approximate surface area is 121 Å². The van der Waals surface area contributed by atoms with E-state index in [0.29, 0.717) is 12.6 Å². The van der Waals surface area contributed by atoms with Crippen LogP contribution in [0.2, 0.25) is 0 Å². The van der Waals surface area contributed by atoms with Crippen molar-refractivity contribution in [3.63, 3.8) is 0 Å². The summed E-state index contributed by atoms with van der Waals surface area (Å²) in [5, 5.41) is 4.26. The van der Waals surface area contributed by atoms with E-state index in [9.17, 15) is 4.39 Å². The molecule has 0 heterocycles. The average Bonchev–Trinajstić information content (AvgIpc) is 2.40. The molecule has 4 heteroatoms. The van der Waals surface area contributed by atoms with Gasteiger partial charge in [0, 0.05) is 27.9 Å². The highest BCUT2D eigenvalue weighted by molar-refractivity contribution is 9.10. The van der Waals surface area contributed by atoms with E-state index < -0.39 is 0 Å². The van der Waals surface area contributed by atoms with Gasteiger partial charge in [-0.15, -0.1) is 0 Å². The number of thioether (sulfide) groups is 1. The lowest BCUT2D eigenvalue weighted by molar-refractivity contribution is 0.377. The molecule has 1 aromatic rings. The molecule has 1 fully saturated rings. The second-order valence-electron chi connectivity index (χ2n) is 4.84. The Bertz CT molecular complexity index is 399. The summed E-state index contributed by atoms with van der Waals surface area (Å²) in [6.45, 7) is 0.622. The van der Waals surface area contributed by atoms with E-state index in [0.717, 1.165) is 15.3 Å². The van der Waals surface area contributed by atoms with Gasteiger partial charge in [0.1, 0.15) is 5.82 Å². The molecule has 0 aliphatic heterocycles. The van der Waals surface area contributed by atoms with Crippen molar-refractivity contribution in [2.24, 2.45) is 0 Å². The van der Waals surface area contributed by atoms with Gasteiger partial charge in [-0.2, -0.15) is 11.8 Å². The molecule has 0 radical (unpaired) electrons. The molecule has 1 aromatic carbocycles. The molecule has 0 saturated heterocycles. The molecule has 1 aliphatic carbocycles. The first kappa shape index (κ1) is 14.4. The van der Waals surface area contributed by atoms with Crippen molar-refractivity contribution in [2.75, 3.05) is 6.26 Å². The van der Waals surface area contributed by atoms with Gasteiger partial charge in [-0.05, 0) is 43.7 Å². The number of nitrogens with one attached hydrogen (secondary N) is 1. The molecule has 1 nitrogen and oxygen atoms in total. The van der Waals surface area contributed by atoms with Gasteiger partial charge in [-0.3, -0.25) is 0 Å². The zero-order chi connectivity index (χ0) is 13.0. The van der Waals surface area contributed by atoms with Crippen LogP contribution < -0.4 is 5.32 Å². The molecule has 1 aliphatic rings. The van der Waals surface area contributed by atoms with E-state index in [1.165, 1.54) is 31.7 Å². The topological polar surface area (TPSA) is 12.0 Å². The summed E-state index contributed by atoms with van der Waals surface area (Å²) in [6, 6.07) is 5.65. The van der Waals surface area contributed by atoms with Crippen LogP contribution in [-0.2, 0) is 6.54 Å². The molecule has 0 amide bonds. The van der Waals surface area contributed by atoms with Crippen LogP contribution in [0.4, 0.5) is 4.39 Å². The Hall–Kier alpha value is -0.0600. The average molecular weight is 332 g/mol.